The van der Waals surface area contributed by atoms with Crippen LogP contribution in [0.3, 0.4) is 0 Å². The average molecular weight is 297 g/mol. The highest BCUT2D eigenvalue weighted by Crippen LogP contribution is 2.13. The number of hydrogen-bond acceptors (Lipinski definition) is 7. The van der Waals surface area contributed by atoms with Crippen LogP contribution in [0.15, 0.2) is 0 Å². The third kappa shape index (κ3) is 6.57. The Morgan fingerprint density at radius 1 is 0.905 bits per heavy atom. The molecular formula is C14H27N5O2. The van der Waals surface area contributed by atoms with E-state index in [0.29, 0.717) is 31.2 Å². The molecule has 0 aliphatic heterocycles. The molecule has 0 spiro atoms. The minimum atomic E-state index is 0.305. The van der Waals surface area contributed by atoms with Crippen LogP contribution in [0.2, 0.25) is 0 Å². The van der Waals surface area contributed by atoms with Crippen molar-refractivity contribution in [2.45, 2.75) is 34.1 Å². The van der Waals surface area contributed by atoms with Crippen LogP contribution in [-0.2, 0) is 0 Å². The molecule has 0 radical (unpaired) electrons. The van der Waals surface area contributed by atoms with Crippen molar-refractivity contribution in [2.75, 3.05) is 44.7 Å². The van der Waals surface area contributed by atoms with E-state index in [4.69, 9.17) is 9.47 Å². The van der Waals surface area contributed by atoms with Gasteiger partial charge in [0, 0.05) is 13.1 Å². The number of aromatic nitrogens is 3. The maximum atomic E-state index is 5.62. The summed E-state index contributed by atoms with van der Waals surface area (Å²) >= 11 is 0. The Morgan fingerprint density at radius 3 is 2.05 bits per heavy atom. The monoisotopic (exact) mass is 297 g/mol. The van der Waals surface area contributed by atoms with E-state index in [1.54, 1.807) is 0 Å². The molecule has 0 atom stereocenters. The zero-order valence-corrected chi connectivity index (χ0v) is 13.6. The Hall–Kier alpha value is -1.63. The fourth-order valence-corrected chi connectivity index (χ4v) is 1.70. The van der Waals surface area contributed by atoms with E-state index >= 15 is 0 Å². The van der Waals surface area contributed by atoms with Gasteiger partial charge >= 0.3 is 12.0 Å². The lowest BCUT2D eigenvalue weighted by atomic mass is 10.5. The van der Waals surface area contributed by atoms with Gasteiger partial charge in [-0.1, -0.05) is 20.8 Å². The zero-order chi connectivity index (χ0) is 15.5. The summed E-state index contributed by atoms with van der Waals surface area (Å²) in [5.74, 6) is 0.483. The van der Waals surface area contributed by atoms with Crippen LogP contribution in [0.1, 0.15) is 34.1 Å². The third-order valence-electron chi connectivity index (χ3n) is 2.90. The Kier molecular flexibility index (Phi) is 8.42. The first-order valence-corrected chi connectivity index (χ1v) is 7.71. The molecule has 7 nitrogen and oxygen atoms in total. The summed E-state index contributed by atoms with van der Waals surface area (Å²) in [6, 6.07) is 0.611. The van der Waals surface area contributed by atoms with Crippen molar-refractivity contribution in [3.63, 3.8) is 0 Å². The molecule has 21 heavy (non-hydrogen) atoms. The maximum Gasteiger partial charge on any atom is 0.324 e. The second kappa shape index (κ2) is 10.1. The first-order valence-electron chi connectivity index (χ1n) is 7.71. The second-order valence-electron chi connectivity index (χ2n) is 4.48. The predicted octanol–water partition coefficient (Wildman–Crippen LogP) is 1.81. The lowest BCUT2D eigenvalue weighted by Gasteiger charge is -2.17. The van der Waals surface area contributed by atoms with Crippen molar-refractivity contribution in [1.82, 2.24) is 19.9 Å². The first kappa shape index (κ1) is 17.4. The topological polar surface area (TPSA) is 72.4 Å². The van der Waals surface area contributed by atoms with Gasteiger partial charge in [0.1, 0.15) is 6.61 Å². The zero-order valence-electron chi connectivity index (χ0n) is 13.6. The lowest BCUT2D eigenvalue weighted by molar-refractivity contribution is 0.207. The molecule has 0 saturated carbocycles. The minimum absolute atomic E-state index is 0.305. The van der Waals surface area contributed by atoms with Crippen LogP contribution in [0.5, 0.6) is 12.0 Å². The van der Waals surface area contributed by atoms with E-state index in [-0.39, 0.29) is 0 Å². The predicted molar refractivity (Wildman–Crippen MR) is 83.1 cm³/mol. The Balaban J connectivity index is 2.63. The standard InChI is InChI=1S/C14H27N5O2/c1-5-10-20-13-16-12(15-6-2)17-14(18-13)21-11-9-19(7-3)8-4/h5-11H2,1-4H3,(H,15,16,17,18). The Labute approximate surface area is 127 Å². The van der Waals surface area contributed by atoms with Crippen molar-refractivity contribution in [2.24, 2.45) is 0 Å². The third-order valence-corrected chi connectivity index (χ3v) is 2.90. The number of nitrogens with zero attached hydrogens (tertiary/aromatic N) is 4. The molecule has 1 heterocycles. The molecule has 0 aliphatic carbocycles. The summed E-state index contributed by atoms with van der Waals surface area (Å²) in [6.45, 7) is 13.0. The summed E-state index contributed by atoms with van der Waals surface area (Å²) in [4.78, 5) is 14.9. The number of rotatable bonds is 11. The summed E-state index contributed by atoms with van der Waals surface area (Å²) in [6.07, 6.45) is 0.903. The number of nitrogens with one attached hydrogen (secondary N) is 1. The fourth-order valence-electron chi connectivity index (χ4n) is 1.70. The molecule has 1 aromatic heterocycles. The molecule has 0 aliphatic rings. The van der Waals surface area contributed by atoms with Crippen molar-refractivity contribution in [1.29, 1.82) is 0 Å². The van der Waals surface area contributed by atoms with E-state index in [1.165, 1.54) is 0 Å². The van der Waals surface area contributed by atoms with Crippen molar-refractivity contribution in [3.8, 4) is 12.0 Å². The van der Waals surface area contributed by atoms with E-state index < -0.39 is 0 Å². The maximum absolute atomic E-state index is 5.62. The van der Waals surface area contributed by atoms with Gasteiger partial charge in [0.2, 0.25) is 5.95 Å². The van der Waals surface area contributed by atoms with Gasteiger partial charge in [-0.3, -0.25) is 0 Å². The molecule has 1 rings (SSSR count). The smallest absolute Gasteiger partial charge is 0.324 e. The number of likely N-dealkylation sites (N-methyl/N-ethyl adjacent to an activating group) is 1. The summed E-state index contributed by atoms with van der Waals surface area (Å²) < 4.78 is 11.1. The van der Waals surface area contributed by atoms with Gasteiger partial charge < -0.3 is 19.7 Å². The highest BCUT2D eigenvalue weighted by molar-refractivity contribution is 5.27. The molecule has 7 heteroatoms. The molecule has 0 bridgehead atoms. The van der Waals surface area contributed by atoms with E-state index in [9.17, 15) is 0 Å². The molecule has 1 N–H and O–H groups in total. The number of ether oxygens (including phenoxy) is 2. The molecule has 0 fully saturated rings. The SMILES string of the molecule is CCCOc1nc(NCC)nc(OCCN(CC)CC)n1. The Bertz CT molecular complexity index is 399. The lowest BCUT2D eigenvalue weighted by Crippen LogP contribution is -2.28. The first-order chi connectivity index (χ1) is 10.2. The highest BCUT2D eigenvalue weighted by atomic mass is 16.5. The van der Waals surface area contributed by atoms with E-state index in [2.05, 4.69) is 39.0 Å². The quantitative estimate of drug-likeness (QED) is 0.668. The van der Waals surface area contributed by atoms with Gasteiger partial charge in [-0.15, -0.1) is 4.98 Å². The summed E-state index contributed by atoms with van der Waals surface area (Å²) in [5.41, 5.74) is 0. The normalized spacial score (nSPS) is 10.7. The molecule has 0 amide bonds. The summed E-state index contributed by atoms with van der Waals surface area (Å²) in [7, 11) is 0. The van der Waals surface area contributed by atoms with Crippen LogP contribution in [0.25, 0.3) is 0 Å². The molecule has 1 aromatic rings. The van der Waals surface area contributed by atoms with Gasteiger partial charge in [-0.25, -0.2) is 0 Å². The molecule has 0 saturated heterocycles. The minimum Gasteiger partial charge on any atom is -0.463 e. The molecule has 0 unspecified atom stereocenters. The highest BCUT2D eigenvalue weighted by Gasteiger charge is 2.08. The van der Waals surface area contributed by atoms with Gasteiger partial charge in [0.25, 0.3) is 0 Å². The molecule has 0 aromatic carbocycles. The summed E-state index contributed by atoms with van der Waals surface area (Å²) in [5, 5.41) is 3.05. The van der Waals surface area contributed by atoms with Crippen LogP contribution in [-0.4, -0.2) is 59.2 Å². The molecular weight excluding hydrogens is 270 g/mol. The van der Waals surface area contributed by atoms with Crippen molar-refractivity contribution in [3.05, 3.63) is 0 Å². The van der Waals surface area contributed by atoms with Gasteiger partial charge in [0.15, 0.2) is 0 Å². The number of anilines is 1. The van der Waals surface area contributed by atoms with Crippen molar-refractivity contribution < 1.29 is 9.47 Å². The average Bonchev–Trinajstić information content (AvgIpc) is 2.50. The van der Waals surface area contributed by atoms with E-state index in [0.717, 1.165) is 32.6 Å². The largest absolute Gasteiger partial charge is 0.463 e. The fraction of sp³-hybridized carbons (Fsp3) is 0.786. The molecule has 120 valence electrons. The Morgan fingerprint density at radius 2 is 1.52 bits per heavy atom. The van der Waals surface area contributed by atoms with Crippen LogP contribution < -0.4 is 14.8 Å². The van der Waals surface area contributed by atoms with Crippen LogP contribution >= 0.6 is 0 Å². The van der Waals surface area contributed by atoms with Gasteiger partial charge in [-0.05, 0) is 26.4 Å². The van der Waals surface area contributed by atoms with Gasteiger partial charge in [0.05, 0.1) is 6.61 Å². The van der Waals surface area contributed by atoms with Gasteiger partial charge in [-0.2, -0.15) is 9.97 Å². The second-order valence-corrected chi connectivity index (χ2v) is 4.48. The van der Waals surface area contributed by atoms with Crippen molar-refractivity contribution >= 4 is 5.95 Å². The number of hydrogen-bond donors (Lipinski definition) is 1. The van der Waals surface area contributed by atoms with E-state index in [1.807, 2.05) is 13.8 Å². The van der Waals surface area contributed by atoms with Crippen LogP contribution in [0.4, 0.5) is 5.95 Å². The van der Waals surface area contributed by atoms with Crippen LogP contribution in [0, 0.1) is 0 Å².